The van der Waals surface area contributed by atoms with Crippen molar-refractivity contribution in [3.05, 3.63) is 35.9 Å². The second-order valence-corrected chi connectivity index (χ2v) is 7.12. The minimum atomic E-state index is -1.14. The second-order valence-electron chi connectivity index (χ2n) is 7.12. The predicted octanol–water partition coefficient (Wildman–Crippen LogP) is 1.26. The van der Waals surface area contributed by atoms with Gasteiger partial charge in [0, 0.05) is 13.1 Å². The average molecular weight is 387 g/mol. The number of carbonyl (C=O) groups excluding carboxylic acids is 4. The Bertz CT molecular complexity index is 773. The summed E-state index contributed by atoms with van der Waals surface area (Å²) in [6, 6.07) is 8.49. The Hall–Kier alpha value is -2.90. The Morgan fingerprint density at radius 1 is 1.18 bits per heavy atom. The number of imide groups is 1. The summed E-state index contributed by atoms with van der Waals surface area (Å²) in [5.41, 5.74) is -0.444. The topological polar surface area (TPSA) is 96.0 Å². The quantitative estimate of drug-likeness (QED) is 0.606. The van der Waals surface area contributed by atoms with Gasteiger partial charge in [-0.25, -0.2) is 4.79 Å². The molecule has 0 aromatic heterocycles. The zero-order valence-electron chi connectivity index (χ0n) is 16.1. The number of rotatable bonds is 5. The molecule has 0 radical (unpaired) electrons. The van der Waals surface area contributed by atoms with Crippen LogP contribution in [0.25, 0.3) is 0 Å². The predicted molar refractivity (Wildman–Crippen MR) is 100.0 cm³/mol. The molecule has 2 heterocycles. The molecule has 2 saturated heterocycles. The maximum absolute atomic E-state index is 13.1. The minimum Gasteiger partial charge on any atom is -0.469 e. The van der Waals surface area contributed by atoms with Crippen molar-refractivity contribution in [3.63, 3.8) is 0 Å². The van der Waals surface area contributed by atoms with E-state index in [-0.39, 0.29) is 24.3 Å². The van der Waals surface area contributed by atoms with E-state index in [4.69, 9.17) is 4.74 Å². The van der Waals surface area contributed by atoms with Gasteiger partial charge in [-0.05, 0) is 24.8 Å². The third kappa shape index (κ3) is 3.46. The number of hydrogen-bond donors (Lipinski definition) is 1. The molecule has 2 aliphatic heterocycles. The average Bonchev–Trinajstić information content (AvgIpc) is 2.99. The van der Waals surface area contributed by atoms with Crippen molar-refractivity contribution in [2.75, 3.05) is 26.7 Å². The van der Waals surface area contributed by atoms with Crippen molar-refractivity contribution >= 4 is 23.8 Å². The van der Waals surface area contributed by atoms with E-state index in [1.165, 1.54) is 7.11 Å². The van der Waals surface area contributed by atoms with Crippen molar-refractivity contribution in [1.29, 1.82) is 0 Å². The first-order valence-electron chi connectivity index (χ1n) is 9.48. The molecule has 28 heavy (non-hydrogen) atoms. The van der Waals surface area contributed by atoms with Gasteiger partial charge in [0.15, 0.2) is 0 Å². The lowest BCUT2D eigenvalue weighted by Gasteiger charge is -2.31. The molecule has 1 atom stereocenters. The van der Waals surface area contributed by atoms with Crippen LogP contribution in [0, 0.1) is 5.92 Å². The molecule has 1 aromatic carbocycles. The number of benzene rings is 1. The number of amides is 4. The van der Waals surface area contributed by atoms with E-state index in [0.29, 0.717) is 37.9 Å². The first-order chi connectivity index (χ1) is 13.4. The Labute approximate surface area is 163 Å². The second kappa shape index (κ2) is 8.00. The largest absolute Gasteiger partial charge is 0.469 e. The lowest BCUT2D eigenvalue weighted by Crippen LogP contribution is -2.47. The van der Waals surface area contributed by atoms with Crippen molar-refractivity contribution in [1.82, 2.24) is 15.1 Å². The summed E-state index contributed by atoms with van der Waals surface area (Å²) in [5.74, 6) is -1.19. The van der Waals surface area contributed by atoms with Gasteiger partial charge in [0.2, 0.25) is 5.91 Å². The molecule has 8 heteroatoms. The van der Waals surface area contributed by atoms with Crippen LogP contribution in [-0.2, 0) is 24.7 Å². The number of esters is 1. The molecule has 150 valence electrons. The SMILES string of the molecule is CC[C@]1(c2ccccc2)NC(=O)N(CC(=O)N2CCC(C(=O)OC)CC2)C1=O. The van der Waals surface area contributed by atoms with Crippen LogP contribution < -0.4 is 5.32 Å². The molecule has 1 aromatic rings. The molecule has 0 saturated carbocycles. The molecule has 0 unspecified atom stereocenters. The van der Waals surface area contributed by atoms with Gasteiger partial charge in [0.25, 0.3) is 5.91 Å². The molecule has 0 bridgehead atoms. The number of hydrogen-bond acceptors (Lipinski definition) is 5. The highest BCUT2D eigenvalue weighted by Gasteiger charge is 2.51. The normalized spacial score (nSPS) is 22.9. The monoisotopic (exact) mass is 387 g/mol. The van der Waals surface area contributed by atoms with E-state index < -0.39 is 17.5 Å². The van der Waals surface area contributed by atoms with Crippen LogP contribution in [0.3, 0.4) is 0 Å². The fraction of sp³-hybridized carbons (Fsp3) is 0.500. The summed E-state index contributed by atoms with van der Waals surface area (Å²) < 4.78 is 4.75. The van der Waals surface area contributed by atoms with Gasteiger partial charge in [-0.2, -0.15) is 0 Å². The maximum Gasteiger partial charge on any atom is 0.325 e. The molecule has 8 nitrogen and oxygen atoms in total. The molecule has 2 aliphatic rings. The van der Waals surface area contributed by atoms with Gasteiger partial charge < -0.3 is 15.0 Å². The van der Waals surface area contributed by atoms with Gasteiger partial charge in [-0.3, -0.25) is 19.3 Å². The summed E-state index contributed by atoms with van der Waals surface area (Å²) in [6.07, 6.45) is 1.42. The van der Waals surface area contributed by atoms with Gasteiger partial charge in [-0.15, -0.1) is 0 Å². The summed E-state index contributed by atoms with van der Waals surface area (Å²) >= 11 is 0. The highest BCUT2D eigenvalue weighted by Crippen LogP contribution is 2.32. The molecule has 0 aliphatic carbocycles. The molecule has 0 spiro atoms. The van der Waals surface area contributed by atoms with Gasteiger partial charge >= 0.3 is 12.0 Å². The van der Waals surface area contributed by atoms with Crippen molar-refractivity contribution in [2.45, 2.75) is 31.7 Å². The maximum atomic E-state index is 13.1. The lowest BCUT2D eigenvalue weighted by atomic mass is 9.87. The zero-order chi connectivity index (χ0) is 20.3. The van der Waals surface area contributed by atoms with Crippen LogP contribution in [0.1, 0.15) is 31.7 Å². The summed E-state index contributed by atoms with van der Waals surface area (Å²) in [6.45, 7) is 2.33. The lowest BCUT2D eigenvalue weighted by molar-refractivity contribution is -0.149. The van der Waals surface area contributed by atoms with Crippen LogP contribution in [-0.4, -0.2) is 60.4 Å². The summed E-state index contributed by atoms with van der Waals surface area (Å²) in [4.78, 5) is 52.4. The van der Waals surface area contributed by atoms with Crippen LogP contribution in [0.2, 0.25) is 0 Å². The van der Waals surface area contributed by atoms with E-state index in [1.807, 2.05) is 25.1 Å². The summed E-state index contributed by atoms with van der Waals surface area (Å²) in [5, 5.41) is 2.78. The minimum absolute atomic E-state index is 0.211. The number of piperidine rings is 1. The Balaban J connectivity index is 1.68. The fourth-order valence-corrected chi connectivity index (χ4v) is 3.90. The molecule has 1 N–H and O–H groups in total. The standard InChI is InChI=1S/C20H25N3O5/c1-3-20(15-7-5-4-6-8-15)18(26)23(19(27)21-20)13-16(24)22-11-9-14(10-12-22)17(25)28-2/h4-8,14H,3,9-13H2,1-2H3,(H,21,27)/t20-/m1/s1. The van der Waals surface area contributed by atoms with E-state index in [9.17, 15) is 19.2 Å². The first-order valence-corrected chi connectivity index (χ1v) is 9.48. The number of likely N-dealkylation sites (tertiary alicyclic amines) is 1. The number of nitrogens with one attached hydrogen (secondary N) is 1. The van der Waals surface area contributed by atoms with Crippen LogP contribution >= 0.6 is 0 Å². The number of urea groups is 1. The van der Waals surface area contributed by atoms with Crippen molar-refractivity contribution in [3.8, 4) is 0 Å². The Morgan fingerprint density at radius 2 is 1.82 bits per heavy atom. The number of carbonyl (C=O) groups is 4. The first kappa shape index (κ1) is 19.9. The molecular formula is C20H25N3O5. The zero-order valence-corrected chi connectivity index (χ0v) is 16.1. The fourth-order valence-electron chi connectivity index (χ4n) is 3.90. The van der Waals surface area contributed by atoms with Gasteiger partial charge in [0.05, 0.1) is 13.0 Å². The van der Waals surface area contributed by atoms with Gasteiger partial charge in [-0.1, -0.05) is 37.3 Å². The molecule has 2 fully saturated rings. The van der Waals surface area contributed by atoms with Crippen molar-refractivity contribution in [2.24, 2.45) is 5.92 Å². The number of nitrogens with zero attached hydrogens (tertiary/aromatic N) is 2. The Morgan fingerprint density at radius 3 is 2.39 bits per heavy atom. The number of ether oxygens (including phenoxy) is 1. The smallest absolute Gasteiger partial charge is 0.325 e. The van der Waals surface area contributed by atoms with Crippen LogP contribution in [0.4, 0.5) is 4.79 Å². The van der Waals surface area contributed by atoms with E-state index >= 15 is 0 Å². The third-order valence-electron chi connectivity index (χ3n) is 5.65. The van der Waals surface area contributed by atoms with Gasteiger partial charge in [0.1, 0.15) is 12.1 Å². The van der Waals surface area contributed by atoms with E-state index in [0.717, 1.165) is 4.90 Å². The summed E-state index contributed by atoms with van der Waals surface area (Å²) in [7, 11) is 1.35. The molecule has 3 rings (SSSR count). The number of methoxy groups -OCH3 is 1. The third-order valence-corrected chi connectivity index (χ3v) is 5.65. The highest BCUT2D eigenvalue weighted by atomic mass is 16.5. The Kier molecular flexibility index (Phi) is 5.67. The highest BCUT2D eigenvalue weighted by molar-refractivity contribution is 6.09. The van der Waals surface area contributed by atoms with Crippen LogP contribution in [0.15, 0.2) is 30.3 Å². The van der Waals surface area contributed by atoms with E-state index in [1.54, 1.807) is 17.0 Å². The molecule has 4 amide bonds. The van der Waals surface area contributed by atoms with E-state index in [2.05, 4.69) is 5.32 Å². The molecular weight excluding hydrogens is 362 g/mol. The van der Waals surface area contributed by atoms with Crippen molar-refractivity contribution < 1.29 is 23.9 Å². The van der Waals surface area contributed by atoms with Crippen LogP contribution in [0.5, 0.6) is 0 Å².